The van der Waals surface area contributed by atoms with Crippen molar-refractivity contribution in [2.45, 2.75) is 27.7 Å². The molecule has 0 fully saturated rings. The maximum absolute atomic E-state index is 9.09. The summed E-state index contributed by atoms with van der Waals surface area (Å²) in [4.78, 5) is 0. The number of nitriles is 1. The van der Waals surface area contributed by atoms with E-state index in [9.17, 15) is 0 Å². The van der Waals surface area contributed by atoms with Crippen LogP contribution in [0.2, 0.25) is 0 Å². The van der Waals surface area contributed by atoms with Gasteiger partial charge < -0.3 is 0 Å². The lowest BCUT2D eigenvalue weighted by Gasteiger charge is -2.13. The first-order valence-electron chi connectivity index (χ1n) is 5.12. The van der Waals surface area contributed by atoms with Crippen LogP contribution in [-0.2, 0) is 0 Å². The molecule has 0 saturated carbocycles. The second-order valence-corrected chi connectivity index (χ2v) is 4.90. The van der Waals surface area contributed by atoms with Crippen LogP contribution >= 0.6 is 0 Å². The van der Waals surface area contributed by atoms with Crippen molar-refractivity contribution in [1.82, 2.24) is 0 Å². The van der Waals surface area contributed by atoms with Gasteiger partial charge >= 0.3 is 0 Å². The fraction of sp³-hybridized carbons (Fsp3) is 0.357. The van der Waals surface area contributed by atoms with Crippen LogP contribution in [0.1, 0.15) is 31.9 Å². The van der Waals surface area contributed by atoms with Crippen molar-refractivity contribution in [2.75, 3.05) is 0 Å². The third-order valence-electron chi connectivity index (χ3n) is 2.06. The van der Waals surface area contributed by atoms with Gasteiger partial charge in [0.2, 0.25) is 0 Å². The molecule has 1 rings (SSSR count). The molecule has 15 heavy (non-hydrogen) atoms. The van der Waals surface area contributed by atoms with Gasteiger partial charge in [-0.2, -0.15) is 5.26 Å². The highest BCUT2D eigenvalue weighted by Crippen LogP contribution is 2.23. The summed E-state index contributed by atoms with van der Waals surface area (Å²) >= 11 is 0. The summed E-state index contributed by atoms with van der Waals surface area (Å²) in [5, 5.41) is 9.09. The second-order valence-electron chi connectivity index (χ2n) is 4.90. The van der Waals surface area contributed by atoms with Gasteiger partial charge in [0.25, 0.3) is 0 Å². The predicted octanol–water partition coefficient (Wildman–Crippen LogP) is 3.95. The van der Waals surface area contributed by atoms with E-state index in [1.54, 1.807) is 0 Å². The Morgan fingerprint density at radius 2 is 1.73 bits per heavy atom. The van der Waals surface area contributed by atoms with E-state index in [4.69, 9.17) is 5.26 Å². The van der Waals surface area contributed by atoms with Gasteiger partial charge in [0.05, 0.1) is 11.6 Å². The van der Waals surface area contributed by atoms with E-state index in [-0.39, 0.29) is 5.41 Å². The molecule has 0 heterocycles. The summed E-state index contributed by atoms with van der Waals surface area (Å²) in [6.45, 7) is 8.33. The second kappa shape index (κ2) is 4.31. The number of aryl methyl sites for hydroxylation is 1. The summed E-state index contributed by atoms with van der Waals surface area (Å²) in [5.41, 5.74) is 3.00. The molecule has 0 aliphatic heterocycles. The van der Waals surface area contributed by atoms with Crippen molar-refractivity contribution in [2.24, 2.45) is 5.41 Å². The Morgan fingerprint density at radius 1 is 1.20 bits per heavy atom. The first-order valence-corrected chi connectivity index (χ1v) is 5.12. The Morgan fingerprint density at radius 3 is 2.13 bits per heavy atom. The quantitative estimate of drug-likeness (QED) is 0.628. The third kappa shape index (κ3) is 3.59. The molecule has 0 aliphatic carbocycles. The molecule has 1 nitrogen and oxygen atoms in total. The van der Waals surface area contributed by atoms with Gasteiger partial charge in [-0.15, -0.1) is 0 Å². The molecule has 0 N–H and O–H groups in total. The fourth-order valence-corrected chi connectivity index (χ4v) is 1.35. The largest absolute Gasteiger partial charge is 0.192 e. The Balaban J connectivity index is 3.10. The summed E-state index contributed by atoms with van der Waals surface area (Å²) in [7, 11) is 0. The SMILES string of the molecule is Cc1ccc(C(C#N)=CC(C)(C)C)cc1. The zero-order chi connectivity index (χ0) is 11.5. The van der Waals surface area contributed by atoms with E-state index in [1.165, 1.54) is 5.56 Å². The van der Waals surface area contributed by atoms with E-state index in [1.807, 2.05) is 37.3 Å². The van der Waals surface area contributed by atoms with Crippen LogP contribution in [0.4, 0.5) is 0 Å². The first kappa shape index (κ1) is 11.5. The molecule has 0 radical (unpaired) electrons. The minimum absolute atomic E-state index is 0.0376. The molecule has 0 spiro atoms. The minimum atomic E-state index is 0.0376. The van der Waals surface area contributed by atoms with Crippen molar-refractivity contribution >= 4 is 5.57 Å². The van der Waals surface area contributed by atoms with Gasteiger partial charge in [-0.3, -0.25) is 0 Å². The van der Waals surface area contributed by atoms with E-state index < -0.39 is 0 Å². The Labute approximate surface area is 92.1 Å². The van der Waals surface area contributed by atoms with Crippen molar-refractivity contribution in [3.63, 3.8) is 0 Å². The molecule has 0 amide bonds. The van der Waals surface area contributed by atoms with Gasteiger partial charge in [0, 0.05) is 0 Å². The van der Waals surface area contributed by atoms with Crippen LogP contribution < -0.4 is 0 Å². The van der Waals surface area contributed by atoms with Crippen LogP contribution in [0.5, 0.6) is 0 Å². The smallest absolute Gasteiger partial charge is 0.0994 e. The molecule has 1 aromatic rings. The maximum atomic E-state index is 9.09. The molecule has 1 aromatic carbocycles. The zero-order valence-corrected chi connectivity index (χ0v) is 9.83. The highest BCUT2D eigenvalue weighted by molar-refractivity contribution is 5.77. The number of benzene rings is 1. The Kier molecular flexibility index (Phi) is 3.31. The molecular formula is C14H17N. The highest BCUT2D eigenvalue weighted by Gasteiger charge is 2.09. The van der Waals surface area contributed by atoms with E-state index in [2.05, 4.69) is 26.8 Å². The normalized spacial score (nSPS) is 12.3. The van der Waals surface area contributed by atoms with Crippen molar-refractivity contribution in [3.05, 3.63) is 41.5 Å². The first-order chi connectivity index (χ1) is 6.92. The molecule has 0 aromatic heterocycles. The minimum Gasteiger partial charge on any atom is -0.192 e. The molecule has 0 unspecified atom stereocenters. The van der Waals surface area contributed by atoms with Gasteiger partial charge in [-0.05, 0) is 17.9 Å². The van der Waals surface area contributed by atoms with Crippen LogP contribution in [-0.4, -0.2) is 0 Å². The number of nitrogens with zero attached hydrogens (tertiary/aromatic N) is 1. The van der Waals surface area contributed by atoms with Crippen molar-refractivity contribution in [3.8, 4) is 6.07 Å². The molecule has 78 valence electrons. The summed E-state index contributed by atoms with van der Waals surface area (Å²) in [5.74, 6) is 0. The number of rotatable bonds is 1. The summed E-state index contributed by atoms with van der Waals surface area (Å²) in [6.07, 6.45) is 2.01. The summed E-state index contributed by atoms with van der Waals surface area (Å²) < 4.78 is 0. The number of hydrogen-bond acceptors (Lipinski definition) is 1. The molecule has 0 atom stereocenters. The zero-order valence-electron chi connectivity index (χ0n) is 9.83. The topological polar surface area (TPSA) is 23.8 Å². The maximum Gasteiger partial charge on any atom is 0.0994 e. The van der Waals surface area contributed by atoms with Gasteiger partial charge in [-0.25, -0.2) is 0 Å². The highest BCUT2D eigenvalue weighted by atomic mass is 14.3. The van der Waals surface area contributed by atoms with Crippen LogP contribution in [0.25, 0.3) is 5.57 Å². The predicted molar refractivity (Wildman–Crippen MR) is 64.2 cm³/mol. The van der Waals surface area contributed by atoms with Crippen molar-refractivity contribution in [1.29, 1.82) is 5.26 Å². The van der Waals surface area contributed by atoms with Crippen LogP contribution in [0, 0.1) is 23.7 Å². The van der Waals surface area contributed by atoms with Gasteiger partial charge in [-0.1, -0.05) is 56.7 Å². The Hall–Kier alpha value is -1.55. The molecule has 1 heteroatoms. The van der Waals surface area contributed by atoms with Gasteiger partial charge in [0.15, 0.2) is 0 Å². The molecular weight excluding hydrogens is 182 g/mol. The monoisotopic (exact) mass is 199 g/mol. The number of hydrogen-bond donors (Lipinski definition) is 0. The molecule has 0 saturated heterocycles. The van der Waals surface area contributed by atoms with Crippen LogP contribution in [0.15, 0.2) is 30.3 Å². The average Bonchev–Trinajstić information content (AvgIpc) is 2.14. The lowest BCUT2D eigenvalue weighted by Crippen LogP contribution is -2.00. The van der Waals surface area contributed by atoms with Crippen LogP contribution in [0.3, 0.4) is 0 Å². The van der Waals surface area contributed by atoms with E-state index in [0.717, 1.165) is 11.1 Å². The molecule has 0 bridgehead atoms. The Bertz CT molecular complexity index is 396. The summed E-state index contributed by atoms with van der Waals surface area (Å²) in [6, 6.07) is 10.3. The third-order valence-corrected chi connectivity index (χ3v) is 2.06. The number of allylic oxidation sites excluding steroid dienone is 2. The van der Waals surface area contributed by atoms with E-state index in [0.29, 0.717) is 0 Å². The lowest BCUT2D eigenvalue weighted by molar-refractivity contribution is 0.546. The average molecular weight is 199 g/mol. The standard InChI is InChI=1S/C14H17N/c1-11-5-7-12(8-6-11)13(10-15)9-14(2,3)4/h5-9H,1-4H3. The fourth-order valence-electron chi connectivity index (χ4n) is 1.35. The molecule has 0 aliphatic rings. The van der Waals surface area contributed by atoms with Crippen molar-refractivity contribution < 1.29 is 0 Å². The van der Waals surface area contributed by atoms with E-state index >= 15 is 0 Å². The van der Waals surface area contributed by atoms with Gasteiger partial charge in [0.1, 0.15) is 0 Å². The lowest BCUT2D eigenvalue weighted by atomic mass is 9.91.